The highest BCUT2D eigenvalue weighted by Gasteiger charge is 2.64. The van der Waals surface area contributed by atoms with E-state index in [1.807, 2.05) is 0 Å². The molecule has 11 saturated heterocycles. The molecule has 11 aliphatic heterocycles. The number of nitrogens with one attached hydrogen (secondary N) is 5. The van der Waals surface area contributed by atoms with Crippen molar-refractivity contribution in [2.24, 2.45) is 0 Å². The van der Waals surface area contributed by atoms with Crippen molar-refractivity contribution in [1.29, 1.82) is 0 Å². The van der Waals surface area contributed by atoms with Crippen LogP contribution < -0.4 is 26.6 Å². The van der Waals surface area contributed by atoms with Crippen LogP contribution in [0, 0.1) is 0 Å². The summed E-state index contributed by atoms with van der Waals surface area (Å²) >= 11 is 0. The molecular formula is C76H125N5O59S. The molecule has 11 heterocycles. The van der Waals surface area contributed by atoms with Crippen LogP contribution in [0.3, 0.4) is 0 Å². The number of ether oxygens (including phenoxy) is 21. The monoisotopic (exact) mass is 2080 g/mol. The van der Waals surface area contributed by atoms with Gasteiger partial charge in [0.2, 0.25) is 29.5 Å². The van der Waals surface area contributed by atoms with Crippen molar-refractivity contribution >= 4 is 45.9 Å². The molecule has 11 rings (SSSR count). The van der Waals surface area contributed by atoms with E-state index in [4.69, 9.17) is 99.5 Å². The number of carboxylic acids is 1. The number of aliphatic hydroxyl groups is 27. The van der Waals surface area contributed by atoms with Crippen LogP contribution in [0.15, 0.2) is 0 Å². The van der Waals surface area contributed by atoms with Gasteiger partial charge < -0.3 is 269 Å². The SMILES string of the molecule is CC(=O)N[C@H]1[C@H](O[C@H]2[C@H](O)[C@@H](NC(C)=O)C(O)O[C@@H]2CO[C@@H]2O[C@@H](C)[C@@H](O)[C@@H](O)[C@@H]2O)O[C@H](CO)[C@@H](O[C@@H]2O[C@H](CO[C@H]3O[C@H](CO)[C@@H](O)[C@H](O)[C@@H]3O[C@@H]3O[C@H](CO)[C@@H](O[C@@H]4O[C@H](CO)[C@H](O)[C@H](O[C@@H]5O[C@H](C(=O)O)[C@@H](O)[C@H](OS(=O)(=O)O)[C@H]5O)[C@H]4O)[C@H](O)[C@H]3NC(C)=O)[C@@H](O[C@@H]3O[C@H](CO)[C@@H](O)[C@H](O)[C@H]3NC(C)=O)[C@H](O[C@H]3O[C@H](CO)[C@@H](O)[C@H](O)[C@@H]3O[C@@H]3O[C@H](CO)[C@@H](O)[C@H](O)[C@H]3NC(C)=O)[C@@H]2O)[C@@H]1O. The minimum atomic E-state index is -5.66. The summed E-state index contributed by atoms with van der Waals surface area (Å²) in [6, 6.07) is -10.2. The normalized spacial score (nSPS) is 47.9. The fraction of sp³-hybridized carbons (Fsp3) is 0.921. The second-order valence-corrected chi connectivity index (χ2v) is 36.1. The topological polar surface area (TPSA) is 986 Å². The summed E-state index contributed by atoms with van der Waals surface area (Å²) in [7, 11) is -5.66. The molecule has 0 aromatic carbocycles. The van der Waals surface area contributed by atoms with E-state index in [2.05, 4.69) is 30.8 Å². The van der Waals surface area contributed by atoms with Gasteiger partial charge in [-0.3, -0.25) is 28.5 Å². The van der Waals surface area contributed by atoms with E-state index < -0.39 is 443 Å². The van der Waals surface area contributed by atoms with Gasteiger partial charge in [0, 0.05) is 34.6 Å². The third-order valence-electron chi connectivity index (χ3n) is 25.1. The van der Waals surface area contributed by atoms with Crippen LogP contribution in [0.2, 0.25) is 0 Å². The average molecular weight is 2080 g/mol. The van der Waals surface area contributed by atoms with Crippen LogP contribution in [-0.4, -0.2) is 588 Å². The Bertz CT molecular complexity index is 4140. The number of aliphatic carboxylic acids is 1. The van der Waals surface area contributed by atoms with Crippen LogP contribution in [0.25, 0.3) is 0 Å². The molecule has 55 atom stereocenters. The minimum absolute atomic E-state index is 0.832. The summed E-state index contributed by atoms with van der Waals surface area (Å²) in [5.74, 6) is -7.14. The molecule has 141 heavy (non-hydrogen) atoms. The molecule has 0 aromatic heterocycles. The average Bonchev–Trinajstić information content (AvgIpc) is 0.752. The van der Waals surface area contributed by atoms with Gasteiger partial charge in [-0.05, 0) is 6.92 Å². The number of amides is 5. The van der Waals surface area contributed by atoms with Crippen molar-refractivity contribution in [2.75, 3.05) is 59.5 Å². The highest BCUT2D eigenvalue weighted by molar-refractivity contribution is 7.80. The summed E-state index contributed by atoms with van der Waals surface area (Å²) in [5.41, 5.74) is 0. The lowest BCUT2D eigenvalue weighted by molar-refractivity contribution is -0.408. The molecule has 11 fully saturated rings. The fourth-order valence-corrected chi connectivity index (χ4v) is 18.4. The molecule has 34 N–H and O–H groups in total. The van der Waals surface area contributed by atoms with E-state index in [1.54, 1.807) is 0 Å². The standard InChI is InChI=1S/C76H125N5O59S/c1-16-36(94)47(105)50(108)71(121-16)119-14-29-57(44(102)31(66(115)122-29)77-17(2)89)131-69-34(80-20(5)92)45(103)56(27(12-87)128-69)133-73-54(112)61(136-76-64(49(107)40(98)25(10-85)127-76)139-68-33(79-19(4)91)43(101)38(96)23(8-83)124-68)58(134-67-32(78-18(3)90)42(100)37(95)22(7-82)123-67)30(130-73)15-120-75-63(48(106)39(97)24(9-84)126-75)138-70-35(81-21(6)93)46(104)55(28(13-88)129-70)132-72-52(110)59(41(99)26(11-86)125-72)135-74-53(111)60(140-141(116,117)118)51(109)62(137-74)65(113)114/h16,22-64,66-76,82-88,94-112,115H,7-15H2,1-6H3,(H,77,89)(H,78,90)(H,79,91)(H,80,92)(H,81,93)(H,113,114)(H,116,117,118)/t16-,22+,23+,24+,25+,26+,27+,28+,29+,30+,31+,32+,33+,34+,35+,36+,37+,38+,39+,40+,41-,42+,43+,44+,45+,46+,47+,48-,49-,50-,51-,52+,53+,54-,55+,56+,57+,58+,59-,60-,61+,62-,63-,64-,66?,67-,68-,69-,70-,71+,72-,73-,74+,75-,76+/m0/s1. The Morgan fingerprint density at radius 2 is 0.553 bits per heavy atom. The number of carbonyl (C=O) groups is 6. The number of rotatable bonds is 37. The molecule has 65 heteroatoms. The van der Waals surface area contributed by atoms with Crippen LogP contribution in [0.1, 0.15) is 41.5 Å². The summed E-state index contributed by atoms with van der Waals surface area (Å²) in [5, 5.41) is 330. The molecule has 0 radical (unpaired) electrons. The lowest BCUT2D eigenvalue weighted by Gasteiger charge is -2.52. The number of hydrogen-bond donors (Lipinski definition) is 34. The molecule has 1 unspecified atom stereocenters. The van der Waals surface area contributed by atoms with Gasteiger partial charge in [0.1, 0.15) is 256 Å². The molecule has 64 nitrogen and oxygen atoms in total. The van der Waals surface area contributed by atoms with E-state index in [0.717, 1.165) is 34.6 Å². The first-order chi connectivity index (χ1) is 66.4. The first kappa shape index (κ1) is 116. The van der Waals surface area contributed by atoms with Crippen LogP contribution in [0.5, 0.6) is 0 Å². The first-order valence-corrected chi connectivity index (χ1v) is 45.5. The number of carboxylic acid groups (broad SMARTS) is 1. The van der Waals surface area contributed by atoms with E-state index in [0.29, 0.717) is 0 Å². The van der Waals surface area contributed by atoms with Crippen molar-refractivity contribution < 1.29 is 288 Å². The summed E-state index contributed by atoms with van der Waals surface area (Å²) in [6.45, 7) is -5.51. The van der Waals surface area contributed by atoms with Crippen LogP contribution in [0.4, 0.5) is 0 Å². The Labute approximate surface area is 796 Å². The predicted octanol–water partition coefficient (Wildman–Crippen LogP) is -23.3. The Morgan fingerprint density at radius 3 is 0.979 bits per heavy atom. The first-order valence-electron chi connectivity index (χ1n) is 44.1. The molecule has 0 aliphatic carbocycles. The summed E-state index contributed by atoms with van der Waals surface area (Å²) < 4.78 is 164. The highest BCUT2D eigenvalue weighted by Crippen LogP contribution is 2.43. The predicted molar refractivity (Wildman–Crippen MR) is 430 cm³/mol. The lowest BCUT2D eigenvalue weighted by atomic mass is 9.93. The maximum atomic E-state index is 13.5. The number of aliphatic hydroxyl groups excluding tert-OH is 27. The molecule has 5 amide bonds. The van der Waals surface area contributed by atoms with Gasteiger partial charge in [-0.1, -0.05) is 0 Å². The van der Waals surface area contributed by atoms with E-state index in [1.165, 1.54) is 6.92 Å². The Kier molecular flexibility index (Phi) is 41.1. The third-order valence-corrected chi connectivity index (χ3v) is 25.6. The second kappa shape index (κ2) is 49.9. The van der Waals surface area contributed by atoms with Gasteiger partial charge in [-0.15, -0.1) is 0 Å². The van der Waals surface area contributed by atoms with E-state index >= 15 is 0 Å². The van der Waals surface area contributed by atoms with Crippen molar-refractivity contribution in [3.8, 4) is 0 Å². The zero-order chi connectivity index (χ0) is 104. The molecule has 0 spiro atoms. The highest BCUT2D eigenvalue weighted by atomic mass is 32.3. The van der Waals surface area contributed by atoms with E-state index in [9.17, 15) is 185 Å². The molecule has 0 bridgehead atoms. The van der Waals surface area contributed by atoms with Gasteiger partial charge in [-0.25, -0.2) is 8.98 Å². The van der Waals surface area contributed by atoms with Gasteiger partial charge in [0.05, 0.1) is 65.6 Å². The number of carbonyl (C=O) groups excluding carboxylic acids is 5. The molecule has 814 valence electrons. The smallest absolute Gasteiger partial charge is 0.397 e. The Morgan fingerprint density at radius 1 is 0.255 bits per heavy atom. The van der Waals surface area contributed by atoms with Gasteiger partial charge in [0.15, 0.2) is 75.3 Å². The molecule has 0 saturated carbocycles. The maximum absolute atomic E-state index is 13.5. The zero-order valence-corrected chi connectivity index (χ0v) is 76.1. The van der Waals surface area contributed by atoms with Gasteiger partial charge in [-0.2, -0.15) is 8.42 Å². The molecule has 0 aromatic rings. The van der Waals surface area contributed by atoms with Crippen molar-refractivity contribution in [3.05, 3.63) is 0 Å². The number of hydrogen-bond acceptors (Lipinski definition) is 57. The zero-order valence-electron chi connectivity index (χ0n) is 75.2. The Hall–Kier alpha value is -5.23. The third kappa shape index (κ3) is 26.4. The maximum Gasteiger partial charge on any atom is 0.397 e. The largest absolute Gasteiger partial charge is 0.479 e. The van der Waals surface area contributed by atoms with Gasteiger partial charge >= 0.3 is 16.4 Å². The quantitative estimate of drug-likeness (QED) is 0.0257. The minimum Gasteiger partial charge on any atom is -0.479 e. The van der Waals surface area contributed by atoms with Crippen molar-refractivity contribution in [3.63, 3.8) is 0 Å². The Balaban J connectivity index is 0.986. The van der Waals surface area contributed by atoms with Crippen LogP contribution >= 0.6 is 0 Å². The van der Waals surface area contributed by atoms with Crippen molar-refractivity contribution in [1.82, 2.24) is 26.6 Å². The van der Waals surface area contributed by atoms with Crippen molar-refractivity contribution in [2.45, 2.75) is 379 Å². The van der Waals surface area contributed by atoms with Gasteiger partial charge in [0.25, 0.3) is 0 Å². The fourth-order valence-electron chi connectivity index (χ4n) is 17.9. The molecular weight excluding hydrogens is 1960 g/mol. The van der Waals surface area contributed by atoms with Crippen LogP contribution in [-0.2, 0) is 143 Å². The molecule has 11 aliphatic rings. The lowest BCUT2D eigenvalue weighted by Crippen LogP contribution is -2.71. The summed E-state index contributed by atoms with van der Waals surface area (Å²) in [4.78, 5) is 77.7. The second-order valence-electron chi connectivity index (χ2n) is 35.1. The summed E-state index contributed by atoms with van der Waals surface area (Å²) in [6.07, 6.45) is -114. The van der Waals surface area contributed by atoms with E-state index in [-0.39, 0.29) is 0 Å².